The minimum absolute atomic E-state index is 0.736. The van der Waals surface area contributed by atoms with Crippen LogP contribution in [-0.4, -0.2) is 36.9 Å². The van der Waals surface area contributed by atoms with E-state index in [1.807, 2.05) is 0 Å². The minimum Gasteiger partial charge on any atom is -0.357 e. The average Bonchev–Trinajstić information content (AvgIpc) is 2.85. The van der Waals surface area contributed by atoms with E-state index in [-0.39, 0.29) is 0 Å². The Balaban J connectivity index is 1.98. The second-order valence-electron chi connectivity index (χ2n) is 5.29. The van der Waals surface area contributed by atoms with Gasteiger partial charge in [0.2, 0.25) is 0 Å². The van der Waals surface area contributed by atoms with Crippen LogP contribution in [0.15, 0.2) is 17.1 Å². The van der Waals surface area contributed by atoms with Gasteiger partial charge in [0.1, 0.15) is 0 Å². The van der Waals surface area contributed by atoms with E-state index in [4.69, 9.17) is 5.73 Å². The fourth-order valence-corrected chi connectivity index (χ4v) is 2.46. The van der Waals surface area contributed by atoms with Crippen molar-refractivity contribution < 1.29 is 0 Å². The third kappa shape index (κ3) is 7.36. The summed E-state index contributed by atoms with van der Waals surface area (Å²) in [6.45, 7) is 6.00. The molecule has 0 saturated carbocycles. The molecule has 2 N–H and O–H groups in total. The standard InChI is InChI=1S/C16H31N3/c1-2-3-4-5-6-7-8-9-10-11-16-18-13-15-19(16)14-12-17/h6-7H,2-5,8-15,17H2,1H3/b7-6+. The highest BCUT2D eigenvalue weighted by molar-refractivity contribution is 5.83. The molecule has 1 aliphatic heterocycles. The Morgan fingerprint density at radius 1 is 1.16 bits per heavy atom. The number of hydrogen-bond acceptors (Lipinski definition) is 3. The molecule has 0 spiro atoms. The predicted octanol–water partition coefficient (Wildman–Crippen LogP) is 3.36. The number of unbranched alkanes of at least 4 members (excludes halogenated alkanes) is 5. The summed E-state index contributed by atoms with van der Waals surface area (Å²) in [4.78, 5) is 6.92. The van der Waals surface area contributed by atoms with Gasteiger partial charge in [-0.1, -0.05) is 31.9 Å². The molecule has 3 heteroatoms. The largest absolute Gasteiger partial charge is 0.357 e. The molecule has 0 aromatic rings. The van der Waals surface area contributed by atoms with Crippen LogP contribution < -0.4 is 5.73 Å². The molecule has 3 nitrogen and oxygen atoms in total. The first kappa shape index (κ1) is 16.2. The summed E-state index contributed by atoms with van der Waals surface area (Å²) in [6.07, 6.45) is 14.9. The summed E-state index contributed by atoms with van der Waals surface area (Å²) in [5.74, 6) is 1.29. The smallest absolute Gasteiger partial charge is 0.0990 e. The molecule has 0 aromatic heterocycles. The Hall–Kier alpha value is -0.830. The third-order valence-corrected chi connectivity index (χ3v) is 3.59. The molecule has 0 unspecified atom stereocenters. The summed E-state index contributed by atoms with van der Waals surface area (Å²) in [6, 6.07) is 0. The minimum atomic E-state index is 0.736. The SMILES string of the molecule is CCCCC/C=C/CCCCC1=NCCN1CCN. The Morgan fingerprint density at radius 2 is 1.89 bits per heavy atom. The van der Waals surface area contributed by atoms with E-state index in [0.29, 0.717) is 0 Å². The zero-order valence-corrected chi connectivity index (χ0v) is 12.6. The van der Waals surface area contributed by atoms with Crippen LogP contribution in [0.3, 0.4) is 0 Å². The quantitative estimate of drug-likeness (QED) is 0.460. The maximum atomic E-state index is 5.61. The molecule has 0 atom stereocenters. The molecule has 0 saturated heterocycles. The Morgan fingerprint density at radius 3 is 2.58 bits per heavy atom. The Bertz CT molecular complexity index is 271. The van der Waals surface area contributed by atoms with Crippen molar-refractivity contribution in [2.24, 2.45) is 10.7 Å². The van der Waals surface area contributed by atoms with E-state index in [9.17, 15) is 0 Å². The zero-order chi connectivity index (χ0) is 13.8. The number of nitrogens with zero attached hydrogens (tertiary/aromatic N) is 2. The normalized spacial score (nSPS) is 15.5. The molecule has 1 aliphatic rings. The van der Waals surface area contributed by atoms with Crippen molar-refractivity contribution in [3.05, 3.63) is 12.2 Å². The van der Waals surface area contributed by atoms with Crippen molar-refractivity contribution in [2.75, 3.05) is 26.2 Å². The van der Waals surface area contributed by atoms with Gasteiger partial charge in [-0.2, -0.15) is 0 Å². The lowest BCUT2D eigenvalue weighted by Crippen LogP contribution is -2.32. The molecule has 0 aromatic carbocycles. The number of aliphatic imine (C=N–C) groups is 1. The molecule has 0 bridgehead atoms. The molecule has 0 radical (unpaired) electrons. The van der Waals surface area contributed by atoms with Crippen LogP contribution in [0.2, 0.25) is 0 Å². The van der Waals surface area contributed by atoms with E-state index in [1.165, 1.54) is 50.8 Å². The summed E-state index contributed by atoms with van der Waals surface area (Å²) < 4.78 is 0. The molecular weight excluding hydrogens is 234 g/mol. The molecule has 110 valence electrons. The predicted molar refractivity (Wildman–Crippen MR) is 84.7 cm³/mol. The van der Waals surface area contributed by atoms with E-state index in [2.05, 4.69) is 29.0 Å². The van der Waals surface area contributed by atoms with Crippen molar-refractivity contribution in [1.82, 2.24) is 4.90 Å². The lowest BCUT2D eigenvalue weighted by Gasteiger charge is -2.19. The number of hydrogen-bond donors (Lipinski definition) is 1. The maximum Gasteiger partial charge on any atom is 0.0990 e. The molecule has 1 heterocycles. The van der Waals surface area contributed by atoms with Crippen LogP contribution in [0, 0.1) is 0 Å². The van der Waals surface area contributed by atoms with Gasteiger partial charge in [-0.25, -0.2) is 0 Å². The summed E-state index contributed by atoms with van der Waals surface area (Å²) in [5, 5.41) is 0. The first-order chi connectivity index (χ1) is 9.38. The van der Waals surface area contributed by atoms with Gasteiger partial charge in [0.05, 0.1) is 12.4 Å². The van der Waals surface area contributed by atoms with Gasteiger partial charge in [-0.3, -0.25) is 4.99 Å². The lowest BCUT2D eigenvalue weighted by atomic mass is 10.1. The molecule has 1 rings (SSSR count). The summed E-state index contributed by atoms with van der Waals surface area (Å²) in [7, 11) is 0. The number of rotatable bonds is 11. The van der Waals surface area contributed by atoms with Crippen LogP contribution in [0.4, 0.5) is 0 Å². The van der Waals surface area contributed by atoms with Gasteiger partial charge in [-0.15, -0.1) is 0 Å². The molecule has 0 fully saturated rings. The first-order valence-corrected chi connectivity index (χ1v) is 8.01. The van der Waals surface area contributed by atoms with Gasteiger partial charge in [-0.05, 0) is 32.1 Å². The first-order valence-electron chi connectivity index (χ1n) is 8.01. The average molecular weight is 265 g/mol. The monoisotopic (exact) mass is 265 g/mol. The van der Waals surface area contributed by atoms with Crippen LogP contribution in [0.25, 0.3) is 0 Å². The number of nitrogens with two attached hydrogens (primary N) is 1. The van der Waals surface area contributed by atoms with Crippen LogP contribution in [-0.2, 0) is 0 Å². The maximum absolute atomic E-state index is 5.61. The third-order valence-electron chi connectivity index (χ3n) is 3.59. The van der Waals surface area contributed by atoms with Gasteiger partial charge in [0.15, 0.2) is 0 Å². The van der Waals surface area contributed by atoms with E-state index in [1.54, 1.807) is 0 Å². The highest BCUT2D eigenvalue weighted by Gasteiger charge is 2.14. The Labute approximate surface area is 119 Å². The zero-order valence-electron chi connectivity index (χ0n) is 12.6. The number of amidine groups is 1. The van der Waals surface area contributed by atoms with Crippen molar-refractivity contribution in [3.8, 4) is 0 Å². The number of allylic oxidation sites excluding steroid dienone is 2. The van der Waals surface area contributed by atoms with Gasteiger partial charge in [0.25, 0.3) is 0 Å². The second-order valence-corrected chi connectivity index (χ2v) is 5.29. The van der Waals surface area contributed by atoms with Crippen LogP contribution in [0.5, 0.6) is 0 Å². The van der Waals surface area contributed by atoms with Crippen molar-refractivity contribution in [1.29, 1.82) is 0 Å². The van der Waals surface area contributed by atoms with Crippen molar-refractivity contribution in [3.63, 3.8) is 0 Å². The van der Waals surface area contributed by atoms with Crippen molar-refractivity contribution in [2.45, 2.75) is 58.3 Å². The molecule has 19 heavy (non-hydrogen) atoms. The van der Waals surface area contributed by atoms with Gasteiger partial charge < -0.3 is 10.6 Å². The molecule has 0 amide bonds. The molecule has 0 aliphatic carbocycles. The van der Waals surface area contributed by atoms with Crippen LogP contribution >= 0.6 is 0 Å². The fourth-order valence-electron chi connectivity index (χ4n) is 2.46. The summed E-state index contributed by atoms with van der Waals surface area (Å²) in [5.41, 5.74) is 5.61. The topological polar surface area (TPSA) is 41.6 Å². The van der Waals surface area contributed by atoms with Gasteiger partial charge >= 0.3 is 0 Å². The molecular formula is C16H31N3. The lowest BCUT2D eigenvalue weighted by molar-refractivity contribution is 0.457. The Kier molecular flexibility index (Phi) is 9.42. The van der Waals surface area contributed by atoms with Crippen LogP contribution in [0.1, 0.15) is 58.3 Å². The van der Waals surface area contributed by atoms with Crippen molar-refractivity contribution >= 4 is 5.84 Å². The highest BCUT2D eigenvalue weighted by Crippen LogP contribution is 2.10. The highest BCUT2D eigenvalue weighted by atomic mass is 15.2. The van der Waals surface area contributed by atoms with Gasteiger partial charge in [0, 0.05) is 26.1 Å². The summed E-state index contributed by atoms with van der Waals surface area (Å²) >= 11 is 0. The fraction of sp³-hybridized carbons (Fsp3) is 0.812. The van der Waals surface area contributed by atoms with E-state index >= 15 is 0 Å². The second kappa shape index (κ2) is 11.0. The van der Waals surface area contributed by atoms with E-state index in [0.717, 1.165) is 32.6 Å². The van der Waals surface area contributed by atoms with E-state index < -0.39 is 0 Å².